The maximum absolute atomic E-state index is 11.9. The molecule has 2 unspecified atom stereocenters. The van der Waals surface area contributed by atoms with Crippen LogP contribution in [0, 0.1) is 13.8 Å². The molecule has 0 spiro atoms. The van der Waals surface area contributed by atoms with Crippen LogP contribution in [0.5, 0.6) is 0 Å². The van der Waals surface area contributed by atoms with Gasteiger partial charge in [0.1, 0.15) is 5.76 Å². The number of halogens is 1. The smallest absolute Gasteiger partial charge is 0.315 e. The molecular weight excluding hydrogens is 330 g/mol. The molecule has 130 valence electrons. The zero-order valence-corrected chi connectivity index (χ0v) is 14.7. The summed E-state index contributed by atoms with van der Waals surface area (Å²) >= 11 is 5.81. The average Bonchev–Trinajstić information content (AvgIpc) is 2.85. The van der Waals surface area contributed by atoms with Gasteiger partial charge in [-0.3, -0.25) is 0 Å². The highest BCUT2D eigenvalue weighted by Gasteiger charge is 2.15. The number of aromatic nitrogens is 1. The summed E-state index contributed by atoms with van der Waals surface area (Å²) in [7, 11) is 0. The highest BCUT2D eigenvalue weighted by molar-refractivity contribution is 6.30. The first-order valence-corrected chi connectivity index (χ1v) is 8.14. The van der Waals surface area contributed by atoms with E-state index in [1.165, 1.54) is 0 Å². The Bertz CT molecular complexity index is 665. The van der Waals surface area contributed by atoms with Gasteiger partial charge in [-0.2, -0.15) is 0 Å². The minimum atomic E-state index is -0.786. The van der Waals surface area contributed by atoms with Crippen LogP contribution < -0.4 is 10.6 Å². The summed E-state index contributed by atoms with van der Waals surface area (Å²) < 4.78 is 5.12. The number of hydrogen-bond donors (Lipinski definition) is 3. The molecule has 0 aliphatic carbocycles. The minimum Gasteiger partial charge on any atom is -0.387 e. The average molecular weight is 352 g/mol. The molecule has 24 heavy (non-hydrogen) atoms. The van der Waals surface area contributed by atoms with Crippen LogP contribution in [-0.2, 0) is 6.42 Å². The number of aliphatic hydroxyl groups is 1. The molecule has 1 aromatic heterocycles. The topological polar surface area (TPSA) is 87.4 Å². The Hall–Kier alpha value is -2.05. The molecule has 1 aromatic carbocycles. The minimum absolute atomic E-state index is 0.0884. The zero-order valence-electron chi connectivity index (χ0n) is 14.0. The Morgan fingerprint density at radius 1 is 1.33 bits per heavy atom. The summed E-state index contributed by atoms with van der Waals surface area (Å²) in [5.41, 5.74) is 2.53. The van der Waals surface area contributed by atoms with Gasteiger partial charge in [-0.25, -0.2) is 4.79 Å². The van der Waals surface area contributed by atoms with Crippen LogP contribution in [0.3, 0.4) is 0 Å². The predicted octanol–water partition coefficient (Wildman–Crippen LogP) is 2.91. The number of benzene rings is 1. The standard InChI is InChI=1S/C17H22ClN3O3/c1-10(8-15-11(2)21-24-12(15)3)20-17(23)19-9-16(22)13-4-6-14(18)7-5-13/h4-7,10,16,22H,8-9H2,1-3H3,(H2,19,20,23). The second kappa shape index (κ2) is 8.17. The van der Waals surface area contributed by atoms with Crippen LogP contribution in [0.1, 0.15) is 35.6 Å². The number of aryl methyl sites for hydroxylation is 2. The van der Waals surface area contributed by atoms with Crippen molar-refractivity contribution < 1.29 is 14.4 Å². The number of carbonyl (C=O) groups excluding carboxylic acids is 1. The second-order valence-corrected chi connectivity index (χ2v) is 6.27. The van der Waals surface area contributed by atoms with Crippen molar-refractivity contribution in [1.82, 2.24) is 15.8 Å². The molecule has 2 rings (SSSR count). The van der Waals surface area contributed by atoms with E-state index in [-0.39, 0.29) is 18.6 Å². The van der Waals surface area contributed by atoms with Crippen LogP contribution >= 0.6 is 11.6 Å². The van der Waals surface area contributed by atoms with Gasteiger partial charge in [0.2, 0.25) is 0 Å². The fourth-order valence-corrected chi connectivity index (χ4v) is 2.54. The van der Waals surface area contributed by atoms with Crippen molar-refractivity contribution in [2.24, 2.45) is 0 Å². The third-order valence-corrected chi connectivity index (χ3v) is 4.03. The van der Waals surface area contributed by atoms with Gasteiger partial charge in [0, 0.05) is 23.2 Å². The number of rotatable bonds is 6. The molecule has 0 aliphatic heterocycles. The quantitative estimate of drug-likeness (QED) is 0.746. The first-order chi connectivity index (χ1) is 11.4. The predicted molar refractivity (Wildman–Crippen MR) is 92.1 cm³/mol. The van der Waals surface area contributed by atoms with Crippen molar-refractivity contribution in [3.8, 4) is 0 Å². The number of aliphatic hydroxyl groups excluding tert-OH is 1. The molecule has 0 radical (unpaired) electrons. The number of hydrogen-bond acceptors (Lipinski definition) is 4. The fraction of sp³-hybridized carbons (Fsp3) is 0.412. The maximum Gasteiger partial charge on any atom is 0.315 e. The molecule has 7 heteroatoms. The molecule has 2 aromatic rings. The lowest BCUT2D eigenvalue weighted by molar-refractivity contribution is 0.172. The molecule has 0 fully saturated rings. The Balaban J connectivity index is 1.79. The van der Waals surface area contributed by atoms with E-state index >= 15 is 0 Å². The van der Waals surface area contributed by atoms with Crippen LogP contribution in [0.25, 0.3) is 0 Å². The Kier molecular flexibility index (Phi) is 6.23. The van der Waals surface area contributed by atoms with Crippen LogP contribution in [0.4, 0.5) is 4.79 Å². The molecule has 2 atom stereocenters. The lowest BCUT2D eigenvalue weighted by atomic mass is 10.1. The number of amides is 2. The van der Waals surface area contributed by atoms with Crippen molar-refractivity contribution in [3.05, 3.63) is 51.9 Å². The van der Waals surface area contributed by atoms with Gasteiger partial charge in [0.15, 0.2) is 0 Å². The van der Waals surface area contributed by atoms with E-state index in [1.807, 2.05) is 20.8 Å². The van der Waals surface area contributed by atoms with E-state index in [1.54, 1.807) is 24.3 Å². The third-order valence-electron chi connectivity index (χ3n) is 3.78. The van der Waals surface area contributed by atoms with Gasteiger partial charge in [-0.1, -0.05) is 28.9 Å². The summed E-state index contributed by atoms with van der Waals surface area (Å²) in [4.78, 5) is 11.9. The summed E-state index contributed by atoms with van der Waals surface area (Å²) in [6.07, 6.45) is -0.153. The molecule has 2 amide bonds. The van der Waals surface area contributed by atoms with E-state index in [9.17, 15) is 9.90 Å². The molecule has 0 bridgehead atoms. The Labute approximate surface area is 146 Å². The van der Waals surface area contributed by atoms with Crippen molar-refractivity contribution in [1.29, 1.82) is 0 Å². The third kappa shape index (κ3) is 4.97. The van der Waals surface area contributed by atoms with Crippen LogP contribution in [0.15, 0.2) is 28.8 Å². The highest BCUT2D eigenvalue weighted by Crippen LogP contribution is 2.16. The summed E-state index contributed by atoms with van der Waals surface area (Å²) in [5.74, 6) is 0.764. The zero-order chi connectivity index (χ0) is 17.7. The molecule has 0 saturated carbocycles. The van der Waals surface area contributed by atoms with Crippen molar-refractivity contribution in [2.75, 3.05) is 6.54 Å². The number of urea groups is 1. The lowest BCUT2D eigenvalue weighted by Crippen LogP contribution is -2.43. The largest absolute Gasteiger partial charge is 0.387 e. The van der Waals surface area contributed by atoms with E-state index in [4.69, 9.17) is 16.1 Å². The Morgan fingerprint density at radius 3 is 2.58 bits per heavy atom. The van der Waals surface area contributed by atoms with Crippen molar-refractivity contribution in [3.63, 3.8) is 0 Å². The van der Waals surface area contributed by atoms with Gasteiger partial charge in [-0.05, 0) is 44.9 Å². The van der Waals surface area contributed by atoms with E-state index in [0.29, 0.717) is 17.0 Å². The number of nitrogens with zero attached hydrogens (tertiary/aromatic N) is 1. The summed E-state index contributed by atoms with van der Waals surface area (Å²) in [6.45, 7) is 5.75. The monoisotopic (exact) mass is 351 g/mol. The molecule has 6 nitrogen and oxygen atoms in total. The molecule has 1 heterocycles. The van der Waals surface area contributed by atoms with Crippen LogP contribution in [0.2, 0.25) is 5.02 Å². The van der Waals surface area contributed by atoms with Crippen molar-refractivity contribution in [2.45, 2.75) is 39.3 Å². The molecule has 0 saturated heterocycles. The second-order valence-electron chi connectivity index (χ2n) is 5.83. The summed E-state index contributed by atoms with van der Waals surface area (Å²) in [6, 6.07) is 6.44. The number of nitrogens with one attached hydrogen (secondary N) is 2. The first-order valence-electron chi connectivity index (χ1n) is 7.76. The lowest BCUT2D eigenvalue weighted by Gasteiger charge is -2.16. The van der Waals surface area contributed by atoms with Gasteiger partial charge >= 0.3 is 6.03 Å². The SMILES string of the molecule is Cc1noc(C)c1CC(C)NC(=O)NCC(O)c1ccc(Cl)cc1. The molecular formula is C17H22ClN3O3. The highest BCUT2D eigenvalue weighted by atomic mass is 35.5. The maximum atomic E-state index is 11.9. The van der Waals surface area contributed by atoms with E-state index < -0.39 is 6.10 Å². The van der Waals surface area contributed by atoms with Gasteiger partial charge in [-0.15, -0.1) is 0 Å². The van der Waals surface area contributed by atoms with E-state index in [0.717, 1.165) is 17.0 Å². The van der Waals surface area contributed by atoms with Gasteiger partial charge in [0.05, 0.1) is 11.8 Å². The molecule has 3 N–H and O–H groups in total. The number of carbonyl (C=O) groups is 1. The Morgan fingerprint density at radius 2 is 2.00 bits per heavy atom. The van der Waals surface area contributed by atoms with Gasteiger partial charge in [0.25, 0.3) is 0 Å². The first kappa shape index (κ1) is 18.3. The van der Waals surface area contributed by atoms with Crippen LogP contribution in [-0.4, -0.2) is 28.9 Å². The fourth-order valence-electron chi connectivity index (χ4n) is 2.42. The molecule has 0 aliphatic rings. The van der Waals surface area contributed by atoms with Crippen molar-refractivity contribution >= 4 is 17.6 Å². The summed E-state index contributed by atoms with van der Waals surface area (Å²) in [5, 5.41) is 20.1. The van der Waals surface area contributed by atoms with Gasteiger partial charge < -0.3 is 20.3 Å². The normalized spacial score (nSPS) is 13.4. The van der Waals surface area contributed by atoms with E-state index in [2.05, 4.69) is 15.8 Å².